The summed E-state index contributed by atoms with van der Waals surface area (Å²) in [6.45, 7) is 13.1. The fraction of sp³-hybridized carbons (Fsp3) is 0.682. The van der Waals surface area contributed by atoms with Crippen LogP contribution in [0.1, 0.15) is 54.9 Å². The van der Waals surface area contributed by atoms with Crippen molar-refractivity contribution in [3.63, 3.8) is 0 Å². The topological polar surface area (TPSA) is 69.7 Å². The third-order valence-corrected chi connectivity index (χ3v) is 7.93. The highest BCUT2D eigenvalue weighted by Gasteiger charge is 2.79. The molecule has 0 aromatic carbocycles. The number of fused-ring (bicyclic) bond motifs is 3. The van der Waals surface area contributed by atoms with Gasteiger partial charge >= 0.3 is 11.9 Å². The van der Waals surface area contributed by atoms with Gasteiger partial charge in [0.1, 0.15) is 12.2 Å². The van der Waals surface area contributed by atoms with E-state index in [-0.39, 0.29) is 29.7 Å². The number of rotatable bonds is 3. The molecule has 0 heterocycles. The zero-order valence-electron chi connectivity index (χ0n) is 17.3. The van der Waals surface area contributed by atoms with E-state index in [0.717, 1.165) is 0 Å². The van der Waals surface area contributed by atoms with Gasteiger partial charge in [0.05, 0.1) is 5.41 Å². The predicted molar refractivity (Wildman–Crippen MR) is 101 cm³/mol. The Kier molecular flexibility index (Phi) is 4.44. The molecule has 148 valence electrons. The molecule has 3 rings (SSSR count). The first-order chi connectivity index (χ1) is 12.4. The third kappa shape index (κ3) is 2.33. The molecule has 7 atom stereocenters. The lowest BCUT2D eigenvalue weighted by Crippen LogP contribution is -2.49. The van der Waals surface area contributed by atoms with Crippen LogP contribution in [0.2, 0.25) is 0 Å². The third-order valence-electron chi connectivity index (χ3n) is 7.93. The van der Waals surface area contributed by atoms with E-state index in [9.17, 15) is 14.4 Å². The molecule has 0 spiro atoms. The van der Waals surface area contributed by atoms with E-state index in [0.29, 0.717) is 12.0 Å². The van der Waals surface area contributed by atoms with Gasteiger partial charge < -0.3 is 9.47 Å². The van der Waals surface area contributed by atoms with E-state index < -0.39 is 28.3 Å². The van der Waals surface area contributed by atoms with Gasteiger partial charge in [-0.3, -0.25) is 9.59 Å². The Balaban J connectivity index is 2.14. The Labute approximate surface area is 161 Å². The number of hydrogen-bond donors (Lipinski definition) is 0. The summed E-state index contributed by atoms with van der Waals surface area (Å²) < 4.78 is 11.7. The minimum absolute atomic E-state index is 0.0228. The van der Waals surface area contributed by atoms with E-state index in [4.69, 9.17) is 9.47 Å². The van der Waals surface area contributed by atoms with E-state index in [2.05, 4.69) is 13.8 Å². The molecule has 0 aromatic heterocycles. The highest BCUT2D eigenvalue weighted by Crippen LogP contribution is 2.74. The van der Waals surface area contributed by atoms with Gasteiger partial charge in [-0.25, -0.2) is 4.79 Å². The van der Waals surface area contributed by atoms with E-state index in [1.165, 1.54) is 6.92 Å². The van der Waals surface area contributed by atoms with Crippen LogP contribution in [0.25, 0.3) is 0 Å². The number of hydrogen-bond acceptors (Lipinski definition) is 5. The molecule has 7 unspecified atom stereocenters. The van der Waals surface area contributed by atoms with Gasteiger partial charge in [0.2, 0.25) is 0 Å². The lowest BCUT2D eigenvalue weighted by molar-refractivity contribution is -0.163. The van der Waals surface area contributed by atoms with E-state index >= 15 is 0 Å². The molecule has 2 fully saturated rings. The number of allylic oxidation sites excluding steroid dienone is 3. The molecular weight excluding hydrogens is 344 g/mol. The van der Waals surface area contributed by atoms with Gasteiger partial charge in [-0.15, -0.1) is 0 Å². The molecule has 5 heteroatoms. The van der Waals surface area contributed by atoms with Crippen LogP contribution in [0.4, 0.5) is 0 Å². The first kappa shape index (κ1) is 19.8. The standard InChI is InChI=1S/C22H30O5/c1-8-12(2)18(25)27-19-21(6)13(3)11-15(26-14(4)23)17(21)20(5)10-9-16(24)22(19,20)7/h8-10,13,15,17,19H,11H2,1-7H3. The molecule has 0 amide bonds. The number of ether oxygens (including phenoxy) is 2. The molecule has 0 aliphatic heterocycles. The van der Waals surface area contributed by atoms with Crippen molar-refractivity contribution in [3.05, 3.63) is 23.8 Å². The lowest BCUT2D eigenvalue weighted by atomic mass is 9.64. The predicted octanol–water partition coefficient (Wildman–Crippen LogP) is 3.62. The average molecular weight is 374 g/mol. The molecule has 3 aliphatic carbocycles. The van der Waals surface area contributed by atoms with Crippen molar-refractivity contribution in [1.29, 1.82) is 0 Å². The van der Waals surface area contributed by atoms with Crippen molar-refractivity contribution < 1.29 is 23.9 Å². The molecule has 0 radical (unpaired) electrons. The summed E-state index contributed by atoms with van der Waals surface area (Å²) in [5.74, 6) is -0.697. The number of ketones is 1. The highest BCUT2D eigenvalue weighted by molar-refractivity contribution is 6.00. The van der Waals surface area contributed by atoms with Crippen LogP contribution < -0.4 is 0 Å². The molecule has 0 aromatic rings. The zero-order valence-corrected chi connectivity index (χ0v) is 17.3. The van der Waals surface area contributed by atoms with Gasteiger partial charge in [-0.2, -0.15) is 0 Å². The van der Waals surface area contributed by atoms with Crippen molar-refractivity contribution in [2.75, 3.05) is 0 Å². The molecule has 0 saturated heterocycles. The van der Waals surface area contributed by atoms with Gasteiger partial charge in [0.25, 0.3) is 0 Å². The Morgan fingerprint density at radius 2 is 1.81 bits per heavy atom. The maximum absolute atomic E-state index is 13.0. The van der Waals surface area contributed by atoms with Gasteiger partial charge in [0.15, 0.2) is 5.78 Å². The van der Waals surface area contributed by atoms with Crippen LogP contribution in [-0.4, -0.2) is 29.9 Å². The molecule has 3 aliphatic rings. The fourth-order valence-corrected chi connectivity index (χ4v) is 6.11. The van der Waals surface area contributed by atoms with Crippen molar-refractivity contribution >= 4 is 17.7 Å². The maximum Gasteiger partial charge on any atom is 0.333 e. The summed E-state index contributed by atoms with van der Waals surface area (Å²) in [5, 5.41) is 0. The van der Waals surface area contributed by atoms with Crippen LogP contribution in [0.3, 0.4) is 0 Å². The Morgan fingerprint density at radius 1 is 1.19 bits per heavy atom. The smallest absolute Gasteiger partial charge is 0.333 e. The monoisotopic (exact) mass is 374 g/mol. The maximum atomic E-state index is 13.0. The highest BCUT2D eigenvalue weighted by atomic mass is 16.6. The lowest BCUT2D eigenvalue weighted by Gasteiger charge is -2.40. The van der Waals surface area contributed by atoms with Gasteiger partial charge in [-0.05, 0) is 39.2 Å². The van der Waals surface area contributed by atoms with Crippen LogP contribution in [0.15, 0.2) is 23.8 Å². The van der Waals surface area contributed by atoms with Crippen LogP contribution in [0.5, 0.6) is 0 Å². The Morgan fingerprint density at radius 3 is 2.37 bits per heavy atom. The molecule has 27 heavy (non-hydrogen) atoms. The van der Waals surface area contributed by atoms with Gasteiger partial charge in [-0.1, -0.05) is 32.9 Å². The Bertz CT molecular complexity index is 765. The molecule has 0 bridgehead atoms. The second kappa shape index (κ2) is 6.05. The zero-order chi connectivity index (χ0) is 20.4. The molecule has 2 saturated carbocycles. The van der Waals surface area contributed by atoms with Crippen LogP contribution >= 0.6 is 0 Å². The van der Waals surface area contributed by atoms with Crippen molar-refractivity contribution in [2.24, 2.45) is 28.1 Å². The normalized spacial score (nSPS) is 45.6. The summed E-state index contributed by atoms with van der Waals surface area (Å²) in [6.07, 6.45) is 5.09. The first-order valence-electron chi connectivity index (χ1n) is 9.69. The summed E-state index contributed by atoms with van der Waals surface area (Å²) in [4.78, 5) is 37.4. The average Bonchev–Trinajstić information content (AvgIpc) is 3.03. The summed E-state index contributed by atoms with van der Waals surface area (Å²) in [6, 6.07) is 0. The summed E-state index contributed by atoms with van der Waals surface area (Å²) in [5.41, 5.74) is -1.36. The van der Waals surface area contributed by atoms with Crippen molar-refractivity contribution in [2.45, 2.75) is 67.1 Å². The quantitative estimate of drug-likeness (QED) is 0.557. The second-order valence-electron chi connectivity index (χ2n) is 9.07. The first-order valence-corrected chi connectivity index (χ1v) is 9.69. The molecular formula is C22H30O5. The molecule has 0 N–H and O–H groups in total. The van der Waals surface area contributed by atoms with Gasteiger partial charge in [0, 0.05) is 29.2 Å². The largest absolute Gasteiger partial charge is 0.462 e. The minimum Gasteiger partial charge on any atom is -0.462 e. The van der Waals surface area contributed by atoms with E-state index in [1.807, 2.05) is 19.9 Å². The minimum atomic E-state index is -0.872. The summed E-state index contributed by atoms with van der Waals surface area (Å²) >= 11 is 0. The van der Waals surface area contributed by atoms with Crippen molar-refractivity contribution in [3.8, 4) is 0 Å². The molecule has 5 nitrogen and oxygen atoms in total. The SMILES string of the molecule is CC=C(C)C(=O)OC1C2(C)C(C)CC(OC(C)=O)C2C2(C)C=CC(=O)C12C. The van der Waals surface area contributed by atoms with Crippen molar-refractivity contribution in [1.82, 2.24) is 0 Å². The second-order valence-corrected chi connectivity index (χ2v) is 9.07. The fourth-order valence-electron chi connectivity index (χ4n) is 6.11. The summed E-state index contributed by atoms with van der Waals surface area (Å²) in [7, 11) is 0. The number of carbonyl (C=O) groups excluding carboxylic acids is 3. The van der Waals surface area contributed by atoms with Crippen LogP contribution in [-0.2, 0) is 23.9 Å². The number of carbonyl (C=O) groups is 3. The van der Waals surface area contributed by atoms with Crippen LogP contribution in [0, 0.1) is 28.1 Å². The Hall–Kier alpha value is -1.91. The van der Waals surface area contributed by atoms with E-state index in [1.54, 1.807) is 26.0 Å². The number of esters is 2.